The number of aromatic hydroxyl groups is 1. The topological polar surface area (TPSA) is 294 Å². The van der Waals surface area contributed by atoms with Crippen LogP contribution in [-0.2, 0) is 63.7 Å². The van der Waals surface area contributed by atoms with Gasteiger partial charge in [-0.1, -0.05) is 122 Å². The molecule has 2 unspecified atom stereocenters. The van der Waals surface area contributed by atoms with Crippen molar-refractivity contribution in [1.82, 2.24) is 26.0 Å². The van der Waals surface area contributed by atoms with Crippen LogP contribution in [0.15, 0.2) is 24.3 Å². The van der Waals surface area contributed by atoms with Gasteiger partial charge in [-0.3, -0.25) is 33.5 Å². The Balaban J connectivity index is -0.00000377. The van der Waals surface area contributed by atoms with Crippen molar-refractivity contribution in [2.24, 2.45) is 0 Å². The van der Waals surface area contributed by atoms with E-state index >= 15 is 0 Å². The number of carbonyl (C=O) groups excluding carboxylic acids is 6. The number of hydrogen-bond acceptors (Lipinski definition) is 16. The monoisotopic (exact) mass is 1120 g/mol. The Bertz CT molecular complexity index is 1630. The smallest absolute Gasteiger partial charge is 0.540 e. The molecule has 20 nitrogen and oxygen atoms in total. The number of thiol groups is 1. The molecule has 0 aliphatic rings. The maximum atomic E-state index is 12.3. The fourth-order valence-corrected chi connectivity index (χ4v) is 7.33. The van der Waals surface area contributed by atoms with Crippen LogP contribution in [0.1, 0.15) is 135 Å². The molecule has 0 heterocycles. The van der Waals surface area contributed by atoms with E-state index in [0.717, 1.165) is 50.5 Å². The molecule has 0 bridgehead atoms. The summed E-state index contributed by atoms with van der Waals surface area (Å²) in [7, 11) is 0. The zero-order valence-corrected chi connectivity index (χ0v) is 49.1. The minimum absolute atomic E-state index is 0. The molecular weight excluding hydrogens is 1030 g/mol. The first kappa shape index (κ1) is 75.5. The Morgan fingerprint density at radius 2 is 1.08 bits per heavy atom. The van der Waals surface area contributed by atoms with E-state index in [0.29, 0.717) is 12.2 Å². The van der Waals surface area contributed by atoms with Crippen LogP contribution < -0.4 is 77.4 Å². The molecule has 0 radical (unpaired) electrons. The second kappa shape index (κ2) is 55.0. The maximum absolute atomic E-state index is 12.3. The summed E-state index contributed by atoms with van der Waals surface area (Å²) in [5, 5.41) is 37.8. The second-order valence-electron chi connectivity index (χ2n) is 16.4. The standard InChI is InChI=1S/C44H71N4O14.C4H8FNOS2.C2H6.K/c49-32-36(31-35-17-19-37(50)20-18-35)47-42(54)34-62-30-28-60-26-24-46-41(53)33-61-29-27-59-25-23-45-39(51)22-21-38(44(57)58)48-40(52)15-13-11-9-7-5-3-1-2-4-6-8-10-12-14-16-43(55)56;1-9-2-3(6-8)4(5)7;1-2;/h17-20,36,38,50H,1-16,21-31,33-34H2,(H,45,51)(H,46,53)(H,47,54)(H,48,52)(H,55,56)(H,57,58);3,6,8H,2H2,1H3;1-2H3;/q-1;;;+1/t36?,38-;;;/m0.../s1. The summed E-state index contributed by atoms with van der Waals surface area (Å²) < 4.78 is 35.3. The number of amides is 4. The molecule has 1 aromatic rings. The van der Waals surface area contributed by atoms with Crippen molar-refractivity contribution in [1.29, 1.82) is 0 Å². The van der Waals surface area contributed by atoms with E-state index in [2.05, 4.69) is 38.8 Å². The van der Waals surface area contributed by atoms with Crippen molar-refractivity contribution >= 4 is 72.5 Å². The number of carboxylic acids is 2. The second-order valence-corrected chi connectivity index (χ2v) is 17.6. The van der Waals surface area contributed by atoms with Crippen LogP contribution in [0.2, 0.25) is 0 Å². The summed E-state index contributed by atoms with van der Waals surface area (Å²) >= 11 is 4.96. The molecule has 4 amide bonds. The largest absolute Gasteiger partial charge is 1.00 e. The number of hydrogen-bond donors (Lipinski definition) is 9. The molecule has 3 atom stereocenters. The third-order valence-corrected chi connectivity index (χ3v) is 11.3. The molecule has 0 spiro atoms. The first-order chi connectivity index (χ1) is 35.2. The average Bonchev–Trinajstić information content (AvgIpc) is 3.36. The Morgan fingerprint density at radius 3 is 1.51 bits per heavy atom. The van der Waals surface area contributed by atoms with Crippen LogP contribution in [0, 0.1) is 0 Å². The predicted octanol–water partition coefficient (Wildman–Crippen LogP) is 2.18. The Morgan fingerprint density at radius 1 is 0.622 bits per heavy atom. The van der Waals surface area contributed by atoms with Crippen LogP contribution in [0.5, 0.6) is 5.75 Å². The maximum Gasteiger partial charge on any atom is 1.00 e. The van der Waals surface area contributed by atoms with E-state index in [-0.39, 0.29) is 173 Å². The van der Waals surface area contributed by atoms with Gasteiger partial charge < -0.3 is 60.3 Å². The van der Waals surface area contributed by atoms with E-state index in [1.807, 2.05) is 13.8 Å². The predicted molar refractivity (Wildman–Crippen MR) is 281 cm³/mol. The number of phenolic OH excluding ortho intramolecular Hbond substituents is 1. The first-order valence-electron chi connectivity index (χ1n) is 25.3. The van der Waals surface area contributed by atoms with Crippen molar-refractivity contribution in [3.63, 3.8) is 0 Å². The molecule has 0 aliphatic carbocycles. The summed E-state index contributed by atoms with van der Waals surface area (Å²) in [5.41, 5.74) is 0.751. The van der Waals surface area contributed by atoms with Gasteiger partial charge in [0, 0.05) is 38.1 Å². The Hall–Kier alpha value is -2.75. The molecule has 0 saturated carbocycles. The van der Waals surface area contributed by atoms with Gasteiger partial charge in [-0.2, -0.15) is 16.2 Å². The van der Waals surface area contributed by atoms with Gasteiger partial charge in [0.1, 0.15) is 31.0 Å². The van der Waals surface area contributed by atoms with Crippen molar-refractivity contribution < 1.29 is 128 Å². The van der Waals surface area contributed by atoms with Crippen molar-refractivity contribution in [3.8, 4) is 5.75 Å². The van der Waals surface area contributed by atoms with Gasteiger partial charge in [0.15, 0.2) is 0 Å². The van der Waals surface area contributed by atoms with Crippen molar-refractivity contribution in [2.45, 2.75) is 154 Å². The van der Waals surface area contributed by atoms with E-state index < -0.39 is 42.0 Å². The molecule has 74 heavy (non-hydrogen) atoms. The number of benzene rings is 1. The van der Waals surface area contributed by atoms with E-state index in [1.165, 1.54) is 62.4 Å². The van der Waals surface area contributed by atoms with Gasteiger partial charge in [0.05, 0.1) is 39.6 Å². The molecule has 1 rings (SSSR count). The van der Waals surface area contributed by atoms with Gasteiger partial charge in [-0.15, -0.1) is 0 Å². The molecule has 8 N–H and O–H groups in total. The Labute approximate surface area is 490 Å². The molecular formula is C50H85FKN5O15S2. The Kier molecular flexibility index (Phi) is 56.1. The molecule has 0 aliphatic heterocycles. The van der Waals surface area contributed by atoms with Gasteiger partial charge >= 0.3 is 69.4 Å². The minimum Gasteiger partial charge on any atom is -0.540 e. The van der Waals surface area contributed by atoms with Crippen LogP contribution in [0.3, 0.4) is 0 Å². The van der Waals surface area contributed by atoms with Gasteiger partial charge in [0.25, 0.3) is 0 Å². The molecule has 1 aromatic carbocycles. The third-order valence-electron chi connectivity index (χ3n) is 10.3. The van der Waals surface area contributed by atoms with Crippen LogP contribution in [-0.4, -0.2) is 159 Å². The van der Waals surface area contributed by atoms with Crippen LogP contribution in [0.4, 0.5) is 4.39 Å². The summed E-state index contributed by atoms with van der Waals surface area (Å²) in [6.07, 6.45) is 19.2. The number of carboxylic acid groups (broad SMARTS) is 2. The molecule has 0 saturated heterocycles. The van der Waals surface area contributed by atoms with Gasteiger partial charge in [-0.25, -0.2) is 11.1 Å². The first-order valence-corrected chi connectivity index (χ1v) is 27.2. The molecule has 0 aromatic heterocycles. The fraction of sp³-hybridized carbons (Fsp3) is 0.720. The van der Waals surface area contributed by atoms with Crippen LogP contribution >= 0.6 is 24.6 Å². The number of halogens is 1. The summed E-state index contributed by atoms with van der Waals surface area (Å²) in [4.78, 5) is 91.8. The van der Waals surface area contributed by atoms with E-state index in [4.69, 9.17) is 24.1 Å². The number of carbonyl (C=O) groups is 7. The quantitative estimate of drug-likeness (QED) is 0.0149. The number of rotatable bonds is 46. The minimum atomic E-state index is -1.36. The summed E-state index contributed by atoms with van der Waals surface area (Å²) in [6, 6.07) is 2.14. The number of phenols is 1. The number of ether oxygens (including phenoxy) is 4. The fourth-order valence-electron chi connectivity index (χ4n) is 6.46. The molecule has 420 valence electrons. The number of unbranched alkanes of at least 4 members (excludes halogenated alkanes) is 13. The number of nitrogens with one attached hydrogen (secondary N) is 5. The number of thioether (sulfide) groups is 1. The third kappa shape index (κ3) is 50.1. The summed E-state index contributed by atoms with van der Waals surface area (Å²) in [6.45, 7) is 5.01. The molecule has 0 fully saturated rings. The van der Waals surface area contributed by atoms with Crippen molar-refractivity contribution in [3.05, 3.63) is 29.8 Å². The average molecular weight is 1120 g/mol. The van der Waals surface area contributed by atoms with Gasteiger partial charge in [0.2, 0.25) is 23.6 Å². The van der Waals surface area contributed by atoms with Crippen LogP contribution in [0.25, 0.3) is 0 Å². The zero-order chi connectivity index (χ0) is 54.7. The van der Waals surface area contributed by atoms with E-state index in [1.54, 1.807) is 24.7 Å². The zero-order valence-electron chi connectivity index (χ0n) is 44.2. The SMILES string of the molecule is CC.CSCC(NS)C(=O)F.O=[C-]C(Cc1ccc(O)cc1)NC(=O)COCCOCCNC(=O)COCCOCCNC(=O)CC[C@H](NC(=O)CCCCCCCCCCCCCCCCC(=O)O)C(=O)O.[K+]. The van der Waals surface area contributed by atoms with Gasteiger partial charge in [-0.05, 0) is 49.6 Å². The summed E-state index contributed by atoms with van der Waals surface area (Å²) in [5.74, 6) is -2.93. The van der Waals surface area contributed by atoms with E-state index in [9.17, 15) is 53.0 Å². The molecule has 24 heteroatoms. The normalized spacial score (nSPS) is 11.7. The van der Waals surface area contributed by atoms with Crippen molar-refractivity contribution in [2.75, 3.05) is 78.0 Å². The number of aliphatic carboxylic acids is 2.